The van der Waals surface area contributed by atoms with Crippen LogP contribution in [0.3, 0.4) is 0 Å². The Balaban J connectivity index is 4.26. The zero-order chi connectivity index (χ0) is 43.5. The number of unbranched alkanes of at least 4 members (excludes halogenated alkanes) is 26. The van der Waals surface area contributed by atoms with Crippen molar-refractivity contribution in [2.45, 2.75) is 258 Å². The molecule has 60 heavy (non-hydrogen) atoms. The van der Waals surface area contributed by atoms with Crippen LogP contribution in [0.4, 0.5) is 0 Å². The van der Waals surface area contributed by atoms with Crippen molar-refractivity contribution in [1.82, 2.24) is 0 Å². The fourth-order valence-corrected chi connectivity index (χ4v) is 7.14. The molecule has 0 bridgehead atoms. The molecule has 0 saturated carbocycles. The normalized spacial score (nSPS) is 12.7. The van der Waals surface area contributed by atoms with Crippen molar-refractivity contribution in [2.24, 2.45) is 0 Å². The van der Waals surface area contributed by atoms with Gasteiger partial charge in [0.15, 0.2) is 6.10 Å². The number of carbonyl (C=O) groups is 2. The smallest absolute Gasteiger partial charge is 0.306 e. The van der Waals surface area contributed by atoms with Crippen molar-refractivity contribution in [3.63, 3.8) is 0 Å². The number of carbonyl (C=O) groups excluding carboxylic acids is 2. The van der Waals surface area contributed by atoms with Gasteiger partial charge in [0.25, 0.3) is 0 Å². The summed E-state index contributed by atoms with van der Waals surface area (Å²) in [5.74, 6) is -0.421. The lowest BCUT2D eigenvalue weighted by molar-refractivity contribution is -0.163. The van der Waals surface area contributed by atoms with Gasteiger partial charge in [-0.3, -0.25) is 9.59 Å². The van der Waals surface area contributed by atoms with Crippen LogP contribution < -0.4 is 0 Å². The lowest BCUT2D eigenvalue weighted by Crippen LogP contribution is -2.30. The zero-order valence-corrected chi connectivity index (χ0v) is 40.0. The van der Waals surface area contributed by atoms with E-state index in [1.165, 1.54) is 135 Å². The third kappa shape index (κ3) is 48.3. The molecule has 0 aromatic rings. The second-order valence-electron chi connectivity index (χ2n) is 17.1. The summed E-state index contributed by atoms with van der Waals surface area (Å²) in [6.45, 7) is 7.73. The van der Waals surface area contributed by atoms with Crippen LogP contribution in [0, 0.1) is 0 Å². The van der Waals surface area contributed by atoms with Crippen LogP contribution >= 0.6 is 0 Å². The van der Waals surface area contributed by atoms with Crippen LogP contribution in [0.2, 0.25) is 0 Å². The fourth-order valence-electron chi connectivity index (χ4n) is 7.14. The van der Waals surface area contributed by atoms with Crippen molar-refractivity contribution in [3.8, 4) is 0 Å². The second kappa shape index (κ2) is 51.0. The van der Waals surface area contributed by atoms with E-state index < -0.39 is 6.10 Å². The molecule has 1 atom stereocenters. The Hall–Kier alpha value is -2.40. The molecule has 5 heteroatoms. The Morgan fingerprint density at radius 3 is 1.22 bits per heavy atom. The number of hydrogen-bond acceptors (Lipinski definition) is 5. The van der Waals surface area contributed by atoms with E-state index in [9.17, 15) is 9.59 Å². The first kappa shape index (κ1) is 57.6. The molecule has 348 valence electrons. The highest BCUT2D eigenvalue weighted by Crippen LogP contribution is 2.14. The molecular formula is C55H98O5. The Morgan fingerprint density at radius 2 is 0.733 bits per heavy atom. The largest absolute Gasteiger partial charge is 0.462 e. The molecule has 1 unspecified atom stereocenters. The molecule has 0 aliphatic carbocycles. The van der Waals surface area contributed by atoms with E-state index in [1.807, 2.05) is 0 Å². The highest BCUT2D eigenvalue weighted by atomic mass is 16.6. The average Bonchev–Trinajstić information content (AvgIpc) is 3.25. The molecule has 5 nitrogen and oxygen atoms in total. The minimum atomic E-state index is -0.547. The summed E-state index contributed by atoms with van der Waals surface area (Å²) in [4.78, 5) is 25.4. The van der Waals surface area contributed by atoms with Gasteiger partial charge in [0.05, 0.1) is 6.61 Å². The SMILES string of the molecule is CCC/C=C\C/C=C\CCCCCCCC(=O)OC(COCCCCCCCCCCCCCC)COC(=O)CCCCCCCC/C=C\C/C=C\C/C=C\CCCCC. The molecule has 0 spiro atoms. The molecule has 0 amide bonds. The van der Waals surface area contributed by atoms with Crippen molar-refractivity contribution >= 4 is 11.9 Å². The molecule has 0 radical (unpaired) electrons. The van der Waals surface area contributed by atoms with Crippen molar-refractivity contribution in [3.05, 3.63) is 60.8 Å². The van der Waals surface area contributed by atoms with Crippen molar-refractivity contribution < 1.29 is 23.8 Å². The topological polar surface area (TPSA) is 61.8 Å². The molecule has 0 rings (SSSR count). The molecule has 0 N–H and O–H groups in total. The molecular weight excluding hydrogens is 741 g/mol. The van der Waals surface area contributed by atoms with Gasteiger partial charge in [-0.15, -0.1) is 0 Å². The average molecular weight is 839 g/mol. The van der Waals surface area contributed by atoms with Crippen LogP contribution in [0.15, 0.2) is 60.8 Å². The fraction of sp³-hybridized carbons (Fsp3) is 0.782. The predicted molar refractivity (Wildman–Crippen MR) is 261 cm³/mol. The van der Waals surface area contributed by atoms with Gasteiger partial charge in [-0.05, 0) is 83.5 Å². The second-order valence-corrected chi connectivity index (χ2v) is 17.1. The van der Waals surface area contributed by atoms with Gasteiger partial charge in [0, 0.05) is 19.4 Å². The Labute approximate surface area is 373 Å². The molecule has 0 aliphatic rings. The first-order chi connectivity index (χ1) is 29.6. The van der Waals surface area contributed by atoms with Crippen LogP contribution in [0.5, 0.6) is 0 Å². The van der Waals surface area contributed by atoms with E-state index in [0.29, 0.717) is 19.4 Å². The Morgan fingerprint density at radius 1 is 0.367 bits per heavy atom. The number of esters is 2. The van der Waals surface area contributed by atoms with Crippen LogP contribution in [0.25, 0.3) is 0 Å². The quantitative estimate of drug-likeness (QED) is 0.0347. The Bertz CT molecular complexity index is 1040. The number of ether oxygens (including phenoxy) is 3. The van der Waals surface area contributed by atoms with Gasteiger partial charge in [0.2, 0.25) is 0 Å². The van der Waals surface area contributed by atoms with E-state index in [-0.39, 0.29) is 25.2 Å². The highest BCUT2D eigenvalue weighted by molar-refractivity contribution is 5.70. The number of allylic oxidation sites excluding steroid dienone is 10. The summed E-state index contributed by atoms with van der Waals surface area (Å²) in [5.41, 5.74) is 0. The summed E-state index contributed by atoms with van der Waals surface area (Å²) < 4.78 is 17.4. The maximum absolute atomic E-state index is 12.8. The van der Waals surface area contributed by atoms with Crippen LogP contribution in [-0.4, -0.2) is 37.9 Å². The van der Waals surface area contributed by atoms with E-state index in [1.54, 1.807) is 0 Å². The van der Waals surface area contributed by atoms with Gasteiger partial charge in [-0.1, -0.05) is 216 Å². The summed E-state index contributed by atoms with van der Waals surface area (Å²) in [6.07, 6.45) is 63.6. The first-order valence-corrected chi connectivity index (χ1v) is 25.8. The molecule has 0 heterocycles. The predicted octanol–water partition coefficient (Wildman–Crippen LogP) is 17.3. The summed E-state index contributed by atoms with van der Waals surface area (Å²) in [5, 5.41) is 0. The summed E-state index contributed by atoms with van der Waals surface area (Å²) in [7, 11) is 0. The van der Waals surface area contributed by atoms with E-state index in [0.717, 1.165) is 83.5 Å². The summed E-state index contributed by atoms with van der Waals surface area (Å²) >= 11 is 0. The van der Waals surface area contributed by atoms with Gasteiger partial charge >= 0.3 is 11.9 Å². The minimum absolute atomic E-state index is 0.0738. The van der Waals surface area contributed by atoms with Gasteiger partial charge in [-0.2, -0.15) is 0 Å². The first-order valence-electron chi connectivity index (χ1n) is 25.8. The molecule has 0 fully saturated rings. The molecule has 0 aromatic carbocycles. The standard InChI is InChI=1S/C55H98O5/c1-4-7-10-13-16-19-22-25-26-27-28-29-30-32-33-36-39-42-45-48-54(56)59-52-53(51-58-50-47-44-41-38-35-24-21-18-15-12-9-6-3)60-55(57)49-46-43-40-37-34-31-23-20-17-14-11-8-5-2/h11,14,16,19-20,23,25-26,28-29,53H,4-10,12-13,15,17-18,21-22,24,27,30-52H2,1-3H3/b14-11-,19-16-,23-20-,26-25-,29-28-. The zero-order valence-electron chi connectivity index (χ0n) is 40.0. The van der Waals surface area contributed by atoms with Crippen molar-refractivity contribution in [1.29, 1.82) is 0 Å². The maximum Gasteiger partial charge on any atom is 0.306 e. The minimum Gasteiger partial charge on any atom is -0.462 e. The number of rotatable bonds is 47. The monoisotopic (exact) mass is 839 g/mol. The third-order valence-corrected chi connectivity index (χ3v) is 11.0. The Kier molecular flexibility index (Phi) is 48.9. The van der Waals surface area contributed by atoms with Crippen LogP contribution in [0.1, 0.15) is 252 Å². The maximum atomic E-state index is 12.8. The van der Waals surface area contributed by atoms with Gasteiger partial charge < -0.3 is 14.2 Å². The van der Waals surface area contributed by atoms with Gasteiger partial charge in [0.1, 0.15) is 6.61 Å². The highest BCUT2D eigenvalue weighted by Gasteiger charge is 2.17. The van der Waals surface area contributed by atoms with E-state index in [4.69, 9.17) is 14.2 Å². The van der Waals surface area contributed by atoms with Gasteiger partial charge in [-0.25, -0.2) is 0 Å². The lowest BCUT2D eigenvalue weighted by Gasteiger charge is -2.18. The van der Waals surface area contributed by atoms with Crippen molar-refractivity contribution in [2.75, 3.05) is 19.8 Å². The van der Waals surface area contributed by atoms with E-state index in [2.05, 4.69) is 81.5 Å². The lowest BCUT2D eigenvalue weighted by atomic mass is 10.1. The van der Waals surface area contributed by atoms with E-state index >= 15 is 0 Å². The third-order valence-electron chi connectivity index (χ3n) is 11.0. The molecule has 0 aromatic heterocycles. The molecule has 0 aliphatic heterocycles. The summed E-state index contributed by atoms with van der Waals surface area (Å²) in [6, 6.07) is 0. The van der Waals surface area contributed by atoms with Crippen LogP contribution in [-0.2, 0) is 23.8 Å². The molecule has 0 saturated heterocycles. The number of hydrogen-bond donors (Lipinski definition) is 0.